The largest absolute Gasteiger partial charge is 0.393 e. The van der Waals surface area contributed by atoms with E-state index in [4.69, 9.17) is 5.73 Å². The van der Waals surface area contributed by atoms with Crippen LogP contribution in [0.1, 0.15) is 40.5 Å². The average Bonchev–Trinajstić information content (AvgIpc) is 2.11. The van der Waals surface area contributed by atoms with E-state index in [9.17, 15) is 5.11 Å². The molecule has 0 spiro atoms. The Morgan fingerprint density at radius 1 is 1.23 bits per heavy atom. The van der Waals surface area contributed by atoms with Crippen molar-refractivity contribution in [1.29, 1.82) is 0 Å². The number of aliphatic hydroxyl groups excluding tert-OH is 1. The van der Waals surface area contributed by atoms with E-state index in [0.29, 0.717) is 18.4 Å². The molecule has 0 aromatic rings. The lowest BCUT2D eigenvalue weighted by molar-refractivity contribution is 0.0498. The maximum absolute atomic E-state index is 9.95. The van der Waals surface area contributed by atoms with Crippen LogP contribution in [0.15, 0.2) is 0 Å². The molecule has 0 fully saturated rings. The smallest absolute Gasteiger partial charge is 0.0605 e. The summed E-state index contributed by atoms with van der Waals surface area (Å²) >= 11 is 0. The summed E-state index contributed by atoms with van der Waals surface area (Å²) in [7, 11) is 0. The lowest BCUT2D eigenvalue weighted by atomic mass is 9.85. The number of nitrogens with two attached hydrogens (primary N) is 1. The highest BCUT2D eigenvalue weighted by Gasteiger charge is 2.22. The number of aliphatic hydroxyl groups is 1. The van der Waals surface area contributed by atoms with Crippen molar-refractivity contribution in [3.8, 4) is 0 Å². The zero-order valence-electron chi connectivity index (χ0n) is 9.46. The summed E-state index contributed by atoms with van der Waals surface area (Å²) in [6.07, 6.45) is 1.83. The first-order chi connectivity index (χ1) is 6.02. The van der Waals surface area contributed by atoms with E-state index in [2.05, 4.69) is 27.7 Å². The molecule has 3 N–H and O–H groups in total. The lowest BCUT2D eigenvalue weighted by Crippen LogP contribution is -2.33. The highest BCUT2D eigenvalue weighted by molar-refractivity contribution is 4.75. The summed E-state index contributed by atoms with van der Waals surface area (Å²) in [6.45, 7) is 9.15. The van der Waals surface area contributed by atoms with E-state index < -0.39 is 0 Å². The molecule has 0 bridgehead atoms. The molecule has 0 rings (SSSR count). The van der Waals surface area contributed by atoms with Gasteiger partial charge in [0.15, 0.2) is 0 Å². The molecule has 0 aliphatic carbocycles. The normalized spacial score (nSPS) is 18.7. The first kappa shape index (κ1) is 12.9. The standard InChI is InChI=1S/C11H25NO/c1-5-9(4)11(13)10(7-12)6-8(2)3/h8-11,13H,5-7,12H2,1-4H3. The fourth-order valence-electron chi connectivity index (χ4n) is 1.69. The molecule has 0 saturated heterocycles. The fraction of sp³-hybridized carbons (Fsp3) is 1.00. The van der Waals surface area contributed by atoms with Gasteiger partial charge < -0.3 is 10.8 Å². The topological polar surface area (TPSA) is 46.2 Å². The summed E-state index contributed by atoms with van der Waals surface area (Å²) in [5.41, 5.74) is 5.65. The second-order valence-corrected chi connectivity index (χ2v) is 4.50. The molecule has 0 aromatic heterocycles. The van der Waals surface area contributed by atoms with Gasteiger partial charge in [0.25, 0.3) is 0 Å². The number of rotatable bonds is 6. The van der Waals surface area contributed by atoms with Crippen LogP contribution in [0, 0.1) is 17.8 Å². The Labute approximate surface area is 82.5 Å². The average molecular weight is 187 g/mol. The van der Waals surface area contributed by atoms with E-state index in [0.717, 1.165) is 12.8 Å². The van der Waals surface area contributed by atoms with E-state index >= 15 is 0 Å². The second kappa shape index (κ2) is 6.39. The van der Waals surface area contributed by atoms with Gasteiger partial charge in [0, 0.05) is 0 Å². The highest BCUT2D eigenvalue weighted by atomic mass is 16.3. The zero-order valence-corrected chi connectivity index (χ0v) is 9.46. The van der Waals surface area contributed by atoms with Gasteiger partial charge in [-0.05, 0) is 30.7 Å². The van der Waals surface area contributed by atoms with Crippen molar-refractivity contribution in [3.63, 3.8) is 0 Å². The van der Waals surface area contributed by atoms with Gasteiger partial charge in [0.1, 0.15) is 0 Å². The molecular weight excluding hydrogens is 162 g/mol. The van der Waals surface area contributed by atoms with Gasteiger partial charge in [-0.15, -0.1) is 0 Å². The minimum atomic E-state index is -0.225. The summed E-state index contributed by atoms with van der Waals surface area (Å²) < 4.78 is 0. The Hall–Kier alpha value is -0.0800. The quantitative estimate of drug-likeness (QED) is 0.668. The third-order valence-corrected chi connectivity index (χ3v) is 2.79. The van der Waals surface area contributed by atoms with E-state index in [-0.39, 0.29) is 12.0 Å². The molecule has 0 aliphatic rings. The molecule has 80 valence electrons. The summed E-state index contributed by atoms with van der Waals surface area (Å²) in [5.74, 6) is 1.26. The molecule has 3 atom stereocenters. The SMILES string of the molecule is CCC(C)C(O)C(CN)CC(C)C. The molecule has 0 aliphatic heterocycles. The van der Waals surface area contributed by atoms with Gasteiger partial charge >= 0.3 is 0 Å². The first-order valence-corrected chi connectivity index (χ1v) is 5.41. The van der Waals surface area contributed by atoms with Crippen LogP contribution in [0.3, 0.4) is 0 Å². The molecule has 0 radical (unpaired) electrons. The van der Waals surface area contributed by atoms with E-state index in [1.807, 2.05) is 0 Å². The van der Waals surface area contributed by atoms with Crippen molar-refractivity contribution >= 4 is 0 Å². The molecule has 0 saturated carbocycles. The Balaban J connectivity index is 4.05. The van der Waals surface area contributed by atoms with E-state index in [1.165, 1.54) is 0 Å². The van der Waals surface area contributed by atoms with Gasteiger partial charge in [0.05, 0.1) is 6.10 Å². The van der Waals surface area contributed by atoms with Gasteiger partial charge in [0.2, 0.25) is 0 Å². The van der Waals surface area contributed by atoms with Crippen LogP contribution in [0.2, 0.25) is 0 Å². The van der Waals surface area contributed by atoms with Crippen LogP contribution in [-0.4, -0.2) is 17.8 Å². The van der Waals surface area contributed by atoms with Gasteiger partial charge in [-0.3, -0.25) is 0 Å². The summed E-state index contributed by atoms with van der Waals surface area (Å²) in [6, 6.07) is 0. The molecule has 0 amide bonds. The van der Waals surface area contributed by atoms with Gasteiger partial charge in [-0.1, -0.05) is 34.1 Å². The van der Waals surface area contributed by atoms with Crippen molar-refractivity contribution in [1.82, 2.24) is 0 Å². The lowest BCUT2D eigenvalue weighted by Gasteiger charge is -2.27. The van der Waals surface area contributed by atoms with Crippen molar-refractivity contribution in [3.05, 3.63) is 0 Å². The predicted octanol–water partition coefficient (Wildman–Crippen LogP) is 2.01. The van der Waals surface area contributed by atoms with Crippen LogP contribution in [0.5, 0.6) is 0 Å². The molecule has 13 heavy (non-hydrogen) atoms. The number of hydrogen-bond acceptors (Lipinski definition) is 2. The van der Waals surface area contributed by atoms with E-state index in [1.54, 1.807) is 0 Å². The first-order valence-electron chi connectivity index (χ1n) is 5.41. The van der Waals surface area contributed by atoms with Crippen molar-refractivity contribution < 1.29 is 5.11 Å². The molecule has 3 unspecified atom stereocenters. The third-order valence-electron chi connectivity index (χ3n) is 2.79. The van der Waals surface area contributed by atoms with Crippen LogP contribution in [0.25, 0.3) is 0 Å². The monoisotopic (exact) mass is 187 g/mol. The van der Waals surface area contributed by atoms with Crippen molar-refractivity contribution in [2.24, 2.45) is 23.5 Å². The van der Waals surface area contributed by atoms with Crippen LogP contribution in [-0.2, 0) is 0 Å². The van der Waals surface area contributed by atoms with Gasteiger partial charge in [-0.2, -0.15) is 0 Å². The Kier molecular flexibility index (Phi) is 6.35. The van der Waals surface area contributed by atoms with Crippen molar-refractivity contribution in [2.45, 2.75) is 46.6 Å². The van der Waals surface area contributed by atoms with Crippen LogP contribution in [0.4, 0.5) is 0 Å². The molecule has 0 aromatic carbocycles. The molecule has 0 heterocycles. The highest BCUT2D eigenvalue weighted by Crippen LogP contribution is 2.21. The maximum Gasteiger partial charge on any atom is 0.0605 e. The fourth-order valence-corrected chi connectivity index (χ4v) is 1.69. The minimum Gasteiger partial charge on any atom is -0.393 e. The maximum atomic E-state index is 9.95. The van der Waals surface area contributed by atoms with Gasteiger partial charge in [-0.25, -0.2) is 0 Å². The predicted molar refractivity (Wildman–Crippen MR) is 57.5 cm³/mol. The molecular formula is C11H25NO. The van der Waals surface area contributed by atoms with Crippen molar-refractivity contribution in [2.75, 3.05) is 6.54 Å². The number of hydrogen-bond donors (Lipinski definition) is 2. The van der Waals surface area contributed by atoms with Crippen LogP contribution >= 0.6 is 0 Å². The third kappa shape index (κ3) is 4.63. The Bertz CT molecular complexity index is 125. The Morgan fingerprint density at radius 2 is 1.77 bits per heavy atom. The summed E-state index contributed by atoms with van der Waals surface area (Å²) in [5, 5.41) is 9.95. The second-order valence-electron chi connectivity index (χ2n) is 4.50. The molecule has 2 nitrogen and oxygen atoms in total. The zero-order chi connectivity index (χ0) is 10.4. The Morgan fingerprint density at radius 3 is 2.08 bits per heavy atom. The minimum absolute atomic E-state index is 0.225. The van der Waals surface area contributed by atoms with Crippen LogP contribution < -0.4 is 5.73 Å². The summed E-state index contributed by atoms with van der Waals surface area (Å²) in [4.78, 5) is 0. The molecule has 2 heteroatoms.